The highest BCUT2D eigenvalue weighted by Crippen LogP contribution is 2.37. The monoisotopic (exact) mass is 326 g/mol. The number of hydrogen-bond donors (Lipinski definition) is 0. The van der Waals surface area contributed by atoms with E-state index in [0.29, 0.717) is 29.7 Å². The summed E-state index contributed by atoms with van der Waals surface area (Å²) in [5.74, 6) is 0.0558. The van der Waals surface area contributed by atoms with E-state index in [9.17, 15) is 9.18 Å². The predicted molar refractivity (Wildman–Crippen MR) is 83.8 cm³/mol. The SMILES string of the molecule is CC(C)(C)OC(=O)N1C[C@@H]2CN(c3ccc(Cl)cc3F)C[C@@H]21. The zero-order valence-electron chi connectivity index (χ0n) is 13.0. The van der Waals surface area contributed by atoms with Gasteiger partial charge in [-0.1, -0.05) is 11.6 Å². The molecule has 3 rings (SSSR count). The number of halogens is 2. The summed E-state index contributed by atoms with van der Waals surface area (Å²) >= 11 is 5.79. The van der Waals surface area contributed by atoms with Crippen molar-refractivity contribution in [3.05, 3.63) is 29.0 Å². The van der Waals surface area contributed by atoms with Gasteiger partial charge in [-0.15, -0.1) is 0 Å². The van der Waals surface area contributed by atoms with Gasteiger partial charge in [-0.05, 0) is 39.0 Å². The largest absolute Gasteiger partial charge is 0.444 e. The van der Waals surface area contributed by atoms with E-state index in [1.165, 1.54) is 6.07 Å². The number of ether oxygens (including phenoxy) is 1. The molecule has 2 aliphatic rings. The molecule has 2 fully saturated rings. The average molecular weight is 327 g/mol. The lowest BCUT2D eigenvalue weighted by Gasteiger charge is -2.43. The zero-order chi connectivity index (χ0) is 16.1. The van der Waals surface area contributed by atoms with Crippen LogP contribution in [0.4, 0.5) is 14.9 Å². The molecule has 0 N–H and O–H groups in total. The van der Waals surface area contributed by atoms with E-state index in [1.54, 1.807) is 17.0 Å². The highest BCUT2D eigenvalue weighted by Gasteiger charge is 2.49. The molecule has 2 atom stereocenters. The molecule has 0 bridgehead atoms. The Bertz CT molecular complexity index is 602. The molecule has 120 valence electrons. The van der Waals surface area contributed by atoms with E-state index < -0.39 is 5.60 Å². The van der Waals surface area contributed by atoms with Crippen LogP contribution in [0.2, 0.25) is 5.02 Å². The van der Waals surface area contributed by atoms with Crippen LogP contribution in [-0.4, -0.2) is 42.3 Å². The van der Waals surface area contributed by atoms with Crippen molar-refractivity contribution in [1.29, 1.82) is 0 Å². The summed E-state index contributed by atoms with van der Waals surface area (Å²) in [4.78, 5) is 15.8. The summed E-state index contributed by atoms with van der Waals surface area (Å²) in [6.07, 6.45) is -0.285. The number of likely N-dealkylation sites (tertiary alicyclic amines) is 1. The van der Waals surface area contributed by atoms with Crippen molar-refractivity contribution in [3.63, 3.8) is 0 Å². The van der Waals surface area contributed by atoms with Gasteiger partial charge in [0.15, 0.2) is 0 Å². The maximum Gasteiger partial charge on any atom is 0.410 e. The van der Waals surface area contributed by atoms with Gasteiger partial charge in [-0.3, -0.25) is 0 Å². The van der Waals surface area contributed by atoms with Gasteiger partial charge in [0.1, 0.15) is 11.4 Å². The van der Waals surface area contributed by atoms with Crippen LogP contribution in [0.15, 0.2) is 18.2 Å². The van der Waals surface area contributed by atoms with Gasteiger partial charge in [0.25, 0.3) is 0 Å². The highest BCUT2D eigenvalue weighted by atomic mass is 35.5. The molecule has 2 heterocycles. The van der Waals surface area contributed by atoms with Gasteiger partial charge in [-0.25, -0.2) is 9.18 Å². The highest BCUT2D eigenvalue weighted by molar-refractivity contribution is 6.30. The molecule has 0 radical (unpaired) electrons. The Morgan fingerprint density at radius 2 is 2.05 bits per heavy atom. The number of nitrogens with zero attached hydrogens (tertiary/aromatic N) is 2. The summed E-state index contributed by atoms with van der Waals surface area (Å²) in [5, 5.41) is 0.388. The molecule has 1 amide bonds. The summed E-state index contributed by atoms with van der Waals surface area (Å²) in [7, 11) is 0. The standard InChI is InChI=1S/C16H20ClFN2O2/c1-16(2,3)22-15(21)20-8-10-7-19(9-14(10)20)13-5-4-11(17)6-12(13)18/h4-6,10,14H,7-9H2,1-3H3/t10-,14-/m0/s1. The number of fused-ring (bicyclic) bond motifs is 1. The first-order chi connectivity index (χ1) is 10.2. The van der Waals surface area contributed by atoms with E-state index in [4.69, 9.17) is 16.3 Å². The zero-order valence-corrected chi connectivity index (χ0v) is 13.7. The van der Waals surface area contributed by atoms with Crippen molar-refractivity contribution in [2.45, 2.75) is 32.4 Å². The number of rotatable bonds is 1. The lowest BCUT2D eigenvalue weighted by atomic mass is 9.93. The van der Waals surface area contributed by atoms with Crippen LogP contribution in [-0.2, 0) is 4.74 Å². The van der Waals surface area contributed by atoms with E-state index >= 15 is 0 Å². The lowest BCUT2D eigenvalue weighted by molar-refractivity contribution is -0.0163. The van der Waals surface area contributed by atoms with Crippen LogP contribution in [0.25, 0.3) is 0 Å². The summed E-state index contributed by atoms with van der Waals surface area (Å²) in [5.41, 5.74) is 0.0471. The van der Waals surface area contributed by atoms with Crippen molar-refractivity contribution >= 4 is 23.4 Å². The van der Waals surface area contributed by atoms with Gasteiger partial charge >= 0.3 is 6.09 Å². The minimum absolute atomic E-state index is 0.102. The van der Waals surface area contributed by atoms with Crippen molar-refractivity contribution in [2.24, 2.45) is 5.92 Å². The second-order valence-electron chi connectivity index (χ2n) is 6.96. The molecular weight excluding hydrogens is 307 g/mol. The normalized spacial score (nSPS) is 24.0. The summed E-state index contributed by atoms with van der Waals surface area (Å²) in [6.45, 7) is 7.61. The molecule has 1 aromatic rings. The van der Waals surface area contributed by atoms with E-state index in [1.807, 2.05) is 25.7 Å². The molecule has 4 nitrogen and oxygen atoms in total. The van der Waals surface area contributed by atoms with E-state index in [2.05, 4.69) is 0 Å². The van der Waals surface area contributed by atoms with Crippen LogP contribution >= 0.6 is 11.6 Å². The maximum atomic E-state index is 14.0. The Morgan fingerprint density at radius 1 is 1.32 bits per heavy atom. The number of amides is 1. The molecular formula is C16H20ClFN2O2. The number of anilines is 1. The summed E-state index contributed by atoms with van der Waals surface area (Å²) < 4.78 is 19.4. The van der Waals surface area contributed by atoms with E-state index in [0.717, 1.165) is 6.54 Å². The third-order valence-corrected chi connectivity index (χ3v) is 4.35. The quantitative estimate of drug-likeness (QED) is 0.791. The van der Waals surface area contributed by atoms with Crippen LogP contribution < -0.4 is 4.90 Å². The van der Waals surface area contributed by atoms with Crippen LogP contribution in [0.5, 0.6) is 0 Å². The Labute approximate surface area is 134 Å². The van der Waals surface area contributed by atoms with Gasteiger partial charge in [-0.2, -0.15) is 0 Å². The second-order valence-corrected chi connectivity index (χ2v) is 7.40. The Balaban J connectivity index is 1.67. The van der Waals surface area contributed by atoms with Crippen LogP contribution in [0, 0.1) is 11.7 Å². The average Bonchev–Trinajstić information content (AvgIpc) is 2.65. The summed E-state index contributed by atoms with van der Waals surface area (Å²) in [6, 6.07) is 4.80. The van der Waals surface area contributed by atoms with Crippen molar-refractivity contribution < 1.29 is 13.9 Å². The molecule has 22 heavy (non-hydrogen) atoms. The molecule has 1 aromatic carbocycles. The van der Waals surface area contributed by atoms with Crippen LogP contribution in [0.1, 0.15) is 20.8 Å². The first-order valence-corrected chi connectivity index (χ1v) is 7.82. The first-order valence-electron chi connectivity index (χ1n) is 7.44. The predicted octanol–water partition coefficient (Wildman–Crippen LogP) is 3.53. The molecule has 0 unspecified atom stereocenters. The minimum atomic E-state index is -0.497. The minimum Gasteiger partial charge on any atom is -0.444 e. The molecule has 0 aromatic heterocycles. The number of carbonyl (C=O) groups excluding carboxylic acids is 1. The lowest BCUT2D eigenvalue weighted by Crippen LogP contribution is -2.59. The van der Waals surface area contributed by atoms with Crippen molar-refractivity contribution in [3.8, 4) is 0 Å². The molecule has 6 heteroatoms. The van der Waals surface area contributed by atoms with Crippen molar-refractivity contribution in [1.82, 2.24) is 4.90 Å². The third kappa shape index (κ3) is 2.86. The van der Waals surface area contributed by atoms with Gasteiger partial charge in [0.2, 0.25) is 0 Å². The Hall–Kier alpha value is -1.49. The van der Waals surface area contributed by atoms with Crippen LogP contribution in [0.3, 0.4) is 0 Å². The molecule has 2 saturated heterocycles. The van der Waals surface area contributed by atoms with Gasteiger partial charge < -0.3 is 14.5 Å². The second kappa shape index (κ2) is 5.30. The fourth-order valence-electron chi connectivity index (χ4n) is 3.10. The number of benzene rings is 1. The number of carbonyl (C=O) groups is 1. The third-order valence-electron chi connectivity index (χ3n) is 4.12. The molecule has 0 aliphatic carbocycles. The van der Waals surface area contributed by atoms with Gasteiger partial charge in [0, 0.05) is 30.6 Å². The Kier molecular flexibility index (Phi) is 3.71. The number of hydrogen-bond acceptors (Lipinski definition) is 3. The fraction of sp³-hybridized carbons (Fsp3) is 0.562. The Morgan fingerprint density at radius 3 is 2.68 bits per heavy atom. The van der Waals surface area contributed by atoms with Crippen molar-refractivity contribution in [2.75, 3.05) is 24.5 Å². The topological polar surface area (TPSA) is 32.8 Å². The molecule has 0 saturated carbocycles. The smallest absolute Gasteiger partial charge is 0.410 e. The molecule has 0 spiro atoms. The fourth-order valence-corrected chi connectivity index (χ4v) is 3.26. The maximum absolute atomic E-state index is 14.0. The van der Waals surface area contributed by atoms with E-state index in [-0.39, 0.29) is 18.0 Å². The van der Waals surface area contributed by atoms with Gasteiger partial charge in [0.05, 0.1) is 11.7 Å². The molecule has 2 aliphatic heterocycles. The first kappa shape index (κ1) is 15.4.